The Morgan fingerprint density at radius 1 is 1.62 bits per heavy atom. The van der Waals surface area contributed by atoms with Gasteiger partial charge in [0.25, 0.3) is 5.91 Å². The molecular formula is C14H17ClFNO4. The molecule has 1 N–H and O–H groups in total. The van der Waals surface area contributed by atoms with Gasteiger partial charge in [0.1, 0.15) is 11.6 Å². The van der Waals surface area contributed by atoms with Crippen LogP contribution in [0.25, 0.3) is 0 Å². The first-order valence-corrected chi connectivity index (χ1v) is 6.99. The third-order valence-corrected chi connectivity index (χ3v) is 3.57. The predicted molar refractivity (Wildman–Crippen MR) is 74.9 cm³/mol. The zero-order valence-electron chi connectivity index (χ0n) is 11.6. The minimum absolute atomic E-state index is 0.0902. The van der Waals surface area contributed by atoms with Crippen LogP contribution in [0.3, 0.4) is 0 Å². The predicted octanol–water partition coefficient (Wildman–Crippen LogP) is 1.47. The van der Waals surface area contributed by atoms with E-state index in [1.54, 1.807) is 4.90 Å². The van der Waals surface area contributed by atoms with E-state index in [4.69, 9.17) is 26.2 Å². The van der Waals surface area contributed by atoms with Crippen LogP contribution in [0.1, 0.15) is 6.92 Å². The highest BCUT2D eigenvalue weighted by Crippen LogP contribution is 2.25. The molecule has 1 heterocycles. The Balaban J connectivity index is 1.94. The first-order chi connectivity index (χ1) is 10.0. The van der Waals surface area contributed by atoms with Crippen LogP contribution in [0.2, 0.25) is 5.02 Å². The molecule has 1 fully saturated rings. The summed E-state index contributed by atoms with van der Waals surface area (Å²) in [5.74, 6) is -0.443. The van der Waals surface area contributed by atoms with Crippen molar-refractivity contribution < 1.29 is 23.8 Å². The fourth-order valence-electron chi connectivity index (χ4n) is 2.09. The van der Waals surface area contributed by atoms with Gasteiger partial charge in [0.05, 0.1) is 30.4 Å². The maximum Gasteiger partial charge on any atom is 0.260 e. The Hall–Kier alpha value is -1.37. The second-order valence-corrected chi connectivity index (χ2v) is 5.30. The number of halogens is 2. The number of hydrogen-bond donors (Lipinski definition) is 1. The van der Waals surface area contributed by atoms with Crippen LogP contribution in [0.5, 0.6) is 5.75 Å². The second kappa shape index (κ2) is 7.06. The summed E-state index contributed by atoms with van der Waals surface area (Å²) < 4.78 is 23.6. The van der Waals surface area contributed by atoms with E-state index in [2.05, 4.69) is 0 Å². The largest absolute Gasteiger partial charge is 0.482 e. The van der Waals surface area contributed by atoms with Gasteiger partial charge in [-0.05, 0) is 25.1 Å². The average molecular weight is 318 g/mol. The van der Waals surface area contributed by atoms with Gasteiger partial charge in [-0.15, -0.1) is 0 Å². The third kappa shape index (κ3) is 4.06. The summed E-state index contributed by atoms with van der Waals surface area (Å²) in [4.78, 5) is 13.8. The molecule has 1 aromatic carbocycles. The number of benzene rings is 1. The summed E-state index contributed by atoms with van der Waals surface area (Å²) in [5, 5.41) is 9.22. The molecule has 7 heteroatoms. The fraction of sp³-hybridized carbons (Fsp3) is 0.500. The van der Waals surface area contributed by atoms with Crippen molar-refractivity contribution in [2.75, 3.05) is 26.4 Å². The monoisotopic (exact) mass is 317 g/mol. The molecule has 2 atom stereocenters. The lowest BCUT2D eigenvalue weighted by atomic mass is 10.2. The van der Waals surface area contributed by atoms with E-state index in [1.807, 2.05) is 6.92 Å². The summed E-state index contributed by atoms with van der Waals surface area (Å²) in [5.41, 5.74) is 0. The van der Waals surface area contributed by atoms with Crippen molar-refractivity contribution in [3.63, 3.8) is 0 Å². The molecule has 0 spiro atoms. The number of ether oxygens (including phenoxy) is 2. The van der Waals surface area contributed by atoms with E-state index in [-0.39, 0.29) is 42.0 Å². The number of aliphatic hydroxyl groups excluding tert-OH is 1. The van der Waals surface area contributed by atoms with E-state index in [0.29, 0.717) is 13.2 Å². The maximum atomic E-state index is 12.9. The van der Waals surface area contributed by atoms with Gasteiger partial charge in [0.15, 0.2) is 6.61 Å². The molecule has 0 radical (unpaired) electrons. The minimum Gasteiger partial charge on any atom is -0.482 e. The number of hydrogen-bond acceptors (Lipinski definition) is 4. The molecule has 2 unspecified atom stereocenters. The molecule has 1 aromatic rings. The van der Waals surface area contributed by atoms with E-state index in [0.717, 1.165) is 6.07 Å². The number of aliphatic hydroxyl groups is 1. The number of carbonyl (C=O) groups excluding carboxylic acids is 1. The maximum absolute atomic E-state index is 12.9. The lowest BCUT2D eigenvalue weighted by Gasteiger charge is -2.37. The minimum atomic E-state index is -0.466. The van der Waals surface area contributed by atoms with E-state index in [1.165, 1.54) is 12.1 Å². The number of amides is 1. The average Bonchev–Trinajstić information content (AvgIpc) is 2.46. The lowest BCUT2D eigenvalue weighted by molar-refractivity contribution is -0.148. The molecule has 1 aliphatic heterocycles. The summed E-state index contributed by atoms with van der Waals surface area (Å²) in [6.07, 6.45) is -0.375. The van der Waals surface area contributed by atoms with E-state index in [9.17, 15) is 9.18 Å². The van der Waals surface area contributed by atoms with E-state index >= 15 is 0 Å². The normalized spacial score (nSPS) is 22.2. The van der Waals surface area contributed by atoms with Gasteiger partial charge in [-0.25, -0.2) is 4.39 Å². The van der Waals surface area contributed by atoms with Crippen molar-refractivity contribution >= 4 is 17.5 Å². The van der Waals surface area contributed by atoms with Crippen molar-refractivity contribution in [1.82, 2.24) is 4.90 Å². The lowest BCUT2D eigenvalue weighted by Crippen LogP contribution is -2.53. The Labute approximate surface area is 127 Å². The Kier molecular flexibility index (Phi) is 5.39. The first kappa shape index (κ1) is 16.0. The van der Waals surface area contributed by atoms with Crippen molar-refractivity contribution in [2.24, 2.45) is 0 Å². The van der Waals surface area contributed by atoms with Crippen LogP contribution in [-0.4, -0.2) is 54.4 Å². The second-order valence-electron chi connectivity index (χ2n) is 4.90. The van der Waals surface area contributed by atoms with Crippen LogP contribution >= 0.6 is 11.6 Å². The van der Waals surface area contributed by atoms with Crippen molar-refractivity contribution in [3.8, 4) is 5.75 Å². The number of rotatable bonds is 4. The van der Waals surface area contributed by atoms with Gasteiger partial charge in [-0.3, -0.25) is 4.79 Å². The van der Waals surface area contributed by atoms with Crippen molar-refractivity contribution in [2.45, 2.75) is 19.1 Å². The summed E-state index contributed by atoms with van der Waals surface area (Å²) >= 11 is 5.83. The molecule has 0 aromatic heterocycles. The molecule has 0 bridgehead atoms. The van der Waals surface area contributed by atoms with Crippen molar-refractivity contribution in [1.29, 1.82) is 0 Å². The number of morpholine rings is 1. The number of carbonyl (C=O) groups is 1. The van der Waals surface area contributed by atoms with Crippen LogP contribution in [0.15, 0.2) is 18.2 Å². The quantitative estimate of drug-likeness (QED) is 0.913. The molecule has 116 valence electrons. The van der Waals surface area contributed by atoms with Gasteiger partial charge in [-0.1, -0.05) is 11.6 Å². The molecular weight excluding hydrogens is 301 g/mol. The van der Waals surface area contributed by atoms with Crippen molar-refractivity contribution in [3.05, 3.63) is 29.0 Å². The van der Waals surface area contributed by atoms with Crippen LogP contribution in [0.4, 0.5) is 4.39 Å². The van der Waals surface area contributed by atoms with Crippen LogP contribution in [0, 0.1) is 5.82 Å². The molecule has 2 rings (SSSR count). The highest BCUT2D eigenvalue weighted by Gasteiger charge is 2.29. The molecule has 1 amide bonds. The standard InChI is InChI=1S/C14H17ClFNO4/c1-9-7-20-11(6-18)5-17(9)14(19)8-21-13-3-2-10(16)4-12(13)15/h2-4,9,11,18H,5-8H2,1H3. The Morgan fingerprint density at radius 2 is 2.38 bits per heavy atom. The molecule has 0 saturated carbocycles. The van der Waals surface area contributed by atoms with Gasteiger partial charge < -0.3 is 19.5 Å². The summed E-state index contributed by atoms with van der Waals surface area (Å²) in [6.45, 7) is 2.20. The summed E-state index contributed by atoms with van der Waals surface area (Å²) in [7, 11) is 0. The zero-order valence-corrected chi connectivity index (χ0v) is 12.3. The number of nitrogens with zero attached hydrogens (tertiary/aromatic N) is 1. The summed E-state index contributed by atoms with van der Waals surface area (Å²) in [6, 6.07) is 3.63. The van der Waals surface area contributed by atoms with Crippen LogP contribution in [-0.2, 0) is 9.53 Å². The highest BCUT2D eigenvalue weighted by atomic mass is 35.5. The zero-order chi connectivity index (χ0) is 15.4. The fourth-order valence-corrected chi connectivity index (χ4v) is 2.31. The molecule has 1 saturated heterocycles. The van der Waals surface area contributed by atoms with Gasteiger partial charge in [0, 0.05) is 6.54 Å². The smallest absolute Gasteiger partial charge is 0.260 e. The SMILES string of the molecule is CC1COC(CO)CN1C(=O)COc1ccc(F)cc1Cl. The molecule has 1 aliphatic rings. The van der Waals surface area contributed by atoms with Gasteiger partial charge in [0.2, 0.25) is 0 Å². The Bertz CT molecular complexity index is 514. The highest BCUT2D eigenvalue weighted by molar-refractivity contribution is 6.32. The molecule has 0 aliphatic carbocycles. The van der Waals surface area contributed by atoms with E-state index < -0.39 is 5.82 Å². The van der Waals surface area contributed by atoms with Crippen LogP contribution < -0.4 is 4.74 Å². The first-order valence-electron chi connectivity index (χ1n) is 6.61. The van der Waals surface area contributed by atoms with Gasteiger partial charge in [-0.2, -0.15) is 0 Å². The topological polar surface area (TPSA) is 59.0 Å². The third-order valence-electron chi connectivity index (χ3n) is 3.27. The van der Waals surface area contributed by atoms with Gasteiger partial charge >= 0.3 is 0 Å². The Morgan fingerprint density at radius 3 is 3.05 bits per heavy atom. The molecule has 5 nitrogen and oxygen atoms in total. The molecule has 21 heavy (non-hydrogen) atoms.